The minimum atomic E-state index is -0.0320. The van der Waals surface area contributed by atoms with Gasteiger partial charge in [-0.1, -0.05) is 12.1 Å². The van der Waals surface area contributed by atoms with Gasteiger partial charge in [-0.15, -0.1) is 0 Å². The van der Waals surface area contributed by atoms with Crippen LogP contribution in [0.5, 0.6) is 11.6 Å². The van der Waals surface area contributed by atoms with Gasteiger partial charge in [0.05, 0.1) is 25.2 Å². The minimum Gasteiger partial charge on any atom is -0.487 e. The number of carbonyl (C=O) groups excluding carboxylic acids is 1. The fourth-order valence-electron chi connectivity index (χ4n) is 3.04. The number of nitrogens with zero attached hydrogens (tertiary/aromatic N) is 2. The average Bonchev–Trinajstić information content (AvgIpc) is 2.57. The summed E-state index contributed by atoms with van der Waals surface area (Å²) in [6.07, 6.45) is 2.04. The number of benzene rings is 1. The lowest BCUT2D eigenvalue weighted by Gasteiger charge is -2.40. The van der Waals surface area contributed by atoms with Crippen molar-refractivity contribution in [2.75, 3.05) is 18.0 Å². The minimum absolute atomic E-state index is 0.00955. The second-order valence-electron chi connectivity index (χ2n) is 7.15. The molecule has 2 aromatic rings. The van der Waals surface area contributed by atoms with Gasteiger partial charge in [-0.25, -0.2) is 4.98 Å². The standard InChI is InChI=1S/C21H27N3O3/c1-14(2)26-21-11-18(9-10-22-21)24-12-20(13-24)27-19-7-5-17(6-8-19)15(3)23-16(4)25/h5-11,14-15,20H,12-13H2,1-4H3,(H,23,25)/t15-/m0/s1. The van der Waals surface area contributed by atoms with E-state index >= 15 is 0 Å². The summed E-state index contributed by atoms with van der Waals surface area (Å²) in [6.45, 7) is 9.13. The van der Waals surface area contributed by atoms with E-state index in [-0.39, 0.29) is 24.2 Å². The molecule has 0 aliphatic carbocycles. The van der Waals surface area contributed by atoms with Gasteiger partial charge in [0.1, 0.15) is 11.9 Å². The molecular formula is C21H27N3O3. The van der Waals surface area contributed by atoms with E-state index in [1.807, 2.05) is 57.2 Å². The molecule has 1 amide bonds. The van der Waals surface area contributed by atoms with Crippen molar-refractivity contribution in [1.82, 2.24) is 10.3 Å². The highest BCUT2D eigenvalue weighted by atomic mass is 16.5. The predicted molar refractivity (Wildman–Crippen MR) is 105 cm³/mol. The van der Waals surface area contributed by atoms with Gasteiger partial charge >= 0.3 is 0 Å². The Bertz CT molecular complexity index is 770. The summed E-state index contributed by atoms with van der Waals surface area (Å²) >= 11 is 0. The second-order valence-corrected chi connectivity index (χ2v) is 7.15. The van der Waals surface area contributed by atoms with Crippen LogP contribution in [0.15, 0.2) is 42.6 Å². The summed E-state index contributed by atoms with van der Waals surface area (Å²) in [4.78, 5) is 17.6. The van der Waals surface area contributed by atoms with Crippen molar-refractivity contribution >= 4 is 11.6 Å². The number of pyridine rings is 1. The predicted octanol–water partition coefficient (Wildman–Crippen LogP) is 3.33. The van der Waals surface area contributed by atoms with Crippen LogP contribution in [0.1, 0.15) is 39.3 Å². The molecule has 1 atom stereocenters. The Kier molecular flexibility index (Phi) is 5.84. The summed E-state index contributed by atoms with van der Waals surface area (Å²) in [7, 11) is 0. The summed E-state index contributed by atoms with van der Waals surface area (Å²) < 4.78 is 11.7. The highest BCUT2D eigenvalue weighted by Crippen LogP contribution is 2.27. The van der Waals surface area contributed by atoms with Crippen molar-refractivity contribution in [1.29, 1.82) is 0 Å². The molecule has 1 fully saturated rings. The fraction of sp³-hybridized carbons (Fsp3) is 0.429. The van der Waals surface area contributed by atoms with Crippen molar-refractivity contribution in [2.45, 2.75) is 45.9 Å². The lowest BCUT2D eigenvalue weighted by molar-refractivity contribution is -0.119. The summed E-state index contributed by atoms with van der Waals surface area (Å²) in [5, 5.41) is 2.88. The molecular weight excluding hydrogens is 342 g/mol. The first-order valence-corrected chi connectivity index (χ1v) is 9.32. The SMILES string of the molecule is CC(=O)N[C@@H](C)c1ccc(OC2CN(c3ccnc(OC(C)C)c3)C2)cc1. The number of hydrogen-bond donors (Lipinski definition) is 1. The first-order chi connectivity index (χ1) is 12.9. The van der Waals surface area contributed by atoms with E-state index in [1.54, 1.807) is 6.20 Å². The van der Waals surface area contributed by atoms with Gasteiger partial charge in [0.15, 0.2) is 0 Å². The zero-order valence-corrected chi connectivity index (χ0v) is 16.3. The molecule has 1 saturated heterocycles. The molecule has 0 spiro atoms. The maximum absolute atomic E-state index is 11.2. The van der Waals surface area contributed by atoms with Gasteiger partial charge in [0.2, 0.25) is 11.8 Å². The molecule has 144 valence electrons. The van der Waals surface area contributed by atoms with Crippen molar-refractivity contribution in [3.8, 4) is 11.6 Å². The topological polar surface area (TPSA) is 63.7 Å². The van der Waals surface area contributed by atoms with E-state index in [9.17, 15) is 4.79 Å². The van der Waals surface area contributed by atoms with Crippen molar-refractivity contribution in [2.24, 2.45) is 0 Å². The van der Waals surface area contributed by atoms with Gasteiger partial charge in [-0.3, -0.25) is 4.79 Å². The third-order valence-electron chi connectivity index (χ3n) is 4.39. The summed E-state index contributed by atoms with van der Waals surface area (Å²) in [6, 6.07) is 11.8. The van der Waals surface area contributed by atoms with Crippen LogP contribution < -0.4 is 19.7 Å². The molecule has 0 saturated carbocycles. The highest BCUT2D eigenvalue weighted by Gasteiger charge is 2.29. The van der Waals surface area contributed by atoms with Gasteiger partial charge in [0, 0.05) is 24.9 Å². The largest absolute Gasteiger partial charge is 0.487 e. The normalized spacial score (nSPS) is 15.2. The van der Waals surface area contributed by atoms with Crippen molar-refractivity contribution < 1.29 is 14.3 Å². The van der Waals surface area contributed by atoms with Crippen LogP contribution in [0.3, 0.4) is 0 Å². The zero-order chi connectivity index (χ0) is 19.4. The number of hydrogen-bond acceptors (Lipinski definition) is 5. The Morgan fingerprint density at radius 1 is 1.19 bits per heavy atom. The maximum Gasteiger partial charge on any atom is 0.217 e. The number of rotatable bonds is 7. The van der Waals surface area contributed by atoms with E-state index in [0.29, 0.717) is 5.88 Å². The Labute approximate surface area is 160 Å². The molecule has 1 aliphatic rings. The van der Waals surface area contributed by atoms with Gasteiger partial charge in [-0.05, 0) is 44.5 Å². The average molecular weight is 369 g/mol. The van der Waals surface area contributed by atoms with Crippen molar-refractivity contribution in [3.05, 3.63) is 48.2 Å². The van der Waals surface area contributed by atoms with Crippen LogP contribution in [-0.4, -0.2) is 36.2 Å². The molecule has 6 heteroatoms. The molecule has 1 aromatic heterocycles. The van der Waals surface area contributed by atoms with Gasteiger partial charge < -0.3 is 19.7 Å². The summed E-state index contributed by atoms with van der Waals surface area (Å²) in [5.41, 5.74) is 2.15. The Morgan fingerprint density at radius 2 is 1.89 bits per heavy atom. The number of anilines is 1. The second kappa shape index (κ2) is 8.29. The highest BCUT2D eigenvalue weighted by molar-refractivity contribution is 5.73. The van der Waals surface area contributed by atoms with Crippen LogP contribution in [-0.2, 0) is 4.79 Å². The van der Waals surface area contributed by atoms with Crippen LogP contribution >= 0.6 is 0 Å². The molecule has 1 N–H and O–H groups in total. The Balaban J connectivity index is 1.51. The number of amides is 1. The monoisotopic (exact) mass is 369 g/mol. The third kappa shape index (κ3) is 5.12. The molecule has 0 radical (unpaired) electrons. The van der Waals surface area contributed by atoms with Crippen LogP contribution in [0.4, 0.5) is 5.69 Å². The first-order valence-electron chi connectivity index (χ1n) is 9.32. The summed E-state index contributed by atoms with van der Waals surface area (Å²) in [5.74, 6) is 1.46. The quantitative estimate of drug-likeness (QED) is 0.811. The molecule has 0 unspecified atom stereocenters. The van der Waals surface area contributed by atoms with Gasteiger partial charge in [0.25, 0.3) is 0 Å². The first kappa shape index (κ1) is 19.0. The lowest BCUT2D eigenvalue weighted by atomic mass is 10.1. The number of aromatic nitrogens is 1. The van der Waals surface area contributed by atoms with E-state index in [1.165, 1.54) is 6.92 Å². The molecule has 6 nitrogen and oxygen atoms in total. The van der Waals surface area contributed by atoms with Crippen LogP contribution in [0.25, 0.3) is 0 Å². The van der Waals surface area contributed by atoms with Crippen LogP contribution in [0, 0.1) is 0 Å². The molecule has 0 bridgehead atoms. The van der Waals surface area contributed by atoms with E-state index < -0.39 is 0 Å². The number of carbonyl (C=O) groups is 1. The lowest BCUT2D eigenvalue weighted by Crippen LogP contribution is -2.54. The van der Waals surface area contributed by atoms with Crippen LogP contribution in [0.2, 0.25) is 0 Å². The fourth-order valence-corrected chi connectivity index (χ4v) is 3.04. The van der Waals surface area contributed by atoms with Crippen molar-refractivity contribution in [3.63, 3.8) is 0 Å². The molecule has 27 heavy (non-hydrogen) atoms. The molecule has 2 heterocycles. The Morgan fingerprint density at radius 3 is 2.52 bits per heavy atom. The zero-order valence-electron chi connectivity index (χ0n) is 16.3. The number of ether oxygens (including phenoxy) is 2. The maximum atomic E-state index is 11.2. The van der Waals surface area contributed by atoms with E-state index in [4.69, 9.17) is 9.47 Å². The van der Waals surface area contributed by atoms with Gasteiger partial charge in [-0.2, -0.15) is 0 Å². The van der Waals surface area contributed by atoms with E-state index in [2.05, 4.69) is 15.2 Å². The molecule has 3 rings (SSSR count). The molecule has 1 aromatic carbocycles. The number of nitrogens with one attached hydrogen (secondary N) is 1. The smallest absolute Gasteiger partial charge is 0.217 e. The van der Waals surface area contributed by atoms with E-state index in [0.717, 1.165) is 30.1 Å². The Hall–Kier alpha value is -2.76. The molecule has 1 aliphatic heterocycles. The third-order valence-corrected chi connectivity index (χ3v) is 4.39.